The van der Waals surface area contributed by atoms with Gasteiger partial charge in [0.2, 0.25) is 10.0 Å². The average Bonchev–Trinajstić information content (AvgIpc) is 2.59. The Balaban J connectivity index is 0.00000312. The van der Waals surface area contributed by atoms with Gasteiger partial charge in [-0.3, -0.25) is 0 Å². The second kappa shape index (κ2) is 9.83. The zero-order valence-electron chi connectivity index (χ0n) is 14.5. The van der Waals surface area contributed by atoms with E-state index in [1.807, 2.05) is 0 Å². The summed E-state index contributed by atoms with van der Waals surface area (Å²) in [7, 11) is -0.896. The van der Waals surface area contributed by atoms with Crippen LogP contribution in [0.4, 0.5) is 0 Å². The Bertz CT molecular complexity index is 664. The lowest BCUT2D eigenvalue weighted by Crippen LogP contribution is -2.45. The molecule has 1 unspecified atom stereocenters. The highest BCUT2D eigenvalue weighted by Crippen LogP contribution is 2.35. The van der Waals surface area contributed by atoms with Crippen LogP contribution in [0.15, 0.2) is 17.0 Å². The van der Waals surface area contributed by atoms with Crippen LogP contribution in [0.5, 0.6) is 11.5 Å². The highest BCUT2D eigenvalue weighted by molar-refractivity contribution is 7.89. The lowest BCUT2D eigenvalue weighted by molar-refractivity contribution is 0.294. The molecule has 2 rings (SSSR count). The SMILES string of the molecule is COc1cc(Cl)c(S(=O)(=O)NC(CN)C2CCCCC2)cc1OC.Cl. The molecule has 25 heavy (non-hydrogen) atoms. The van der Waals surface area contributed by atoms with Gasteiger partial charge in [0.15, 0.2) is 11.5 Å². The Morgan fingerprint density at radius 2 is 1.76 bits per heavy atom. The fraction of sp³-hybridized carbons (Fsp3) is 0.625. The number of rotatable bonds is 7. The Morgan fingerprint density at radius 3 is 2.28 bits per heavy atom. The molecular weight excluding hydrogens is 387 g/mol. The number of nitrogens with two attached hydrogens (primary N) is 1. The number of halogens is 2. The van der Waals surface area contributed by atoms with E-state index in [4.69, 9.17) is 26.8 Å². The predicted octanol–water partition coefficient (Wildman–Crippen LogP) is 2.96. The van der Waals surface area contributed by atoms with E-state index in [0.29, 0.717) is 11.5 Å². The summed E-state index contributed by atoms with van der Waals surface area (Å²) in [6, 6.07) is 2.52. The normalized spacial score (nSPS) is 16.8. The van der Waals surface area contributed by atoms with Crippen LogP contribution < -0.4 is 19.9 Å². The van der Waals surface area contributed by atoms with Crippen molar-refractivity contribution in [2.45, 2.75) is 43.0 Å². The summed E-state index contributed by atoms with van der Waals surface area (Å²) in [5.74, 6) is 0.950. The minimum atomic E-state index is -3.81. The van der Waals surface area contributed by atoms with Crippen LogP contribution in [-0.2, 0) is 10.0 Å². The first-order valence-electron chi connectivity index (χ1n) is 8.07. The molecule has 1 aliphatic rings. The zero-order valence-corrected chi connectivity index (χ0v) is 16.8. The van der Waals surface area contributed by atoms with Crippen molar-refractivity contribution in [3.63, 3.8) is 0 Å². The third-order valence-electron chi connectivity index (χ3n) is 4.51. The molecule has 0 aromatic heterocycles. The van der Waals surface area contributed by atoms with Crippen molar-refractivity contribution < 1.29 is 17.9 Å². The summed E-state index contributed by atoms with van der Waals surface area (Å²) in [5, 5.41) is 0.0829. The first-order valence-corrected chi connectivity index (χ1v) is 9.93. The van der Waals surface area contributed by atoms with Gasteiger partial charge in [-0.25, -0.2) is 13.1 Å². The molecular formula is C16H26Cl2N2O4S. The van der Waals surface area contributed by atoms with Gasteiger partial charge in [-0.1, -0.05) is 30.9 Å². The summed E-state index contributed by atoms with van der Waals surface area (Å²) >= 11 is 6.15. The molecule has 1 fully saturated rings. The van der Waals surface area contributed by atoms with Crippen LogP contribution in [0.1, 0.15) is 32.1 Å². The molecule has 0 amide bonds. The largest absolute Gasteiger partial charge is 0.493 e. The topological polar surface area (TPSA) is 90.7 Å². The number of hydrogen-bond donors (Lipinski definition) is 2. The molecule has 0 spiro atoms. The quantitative estimate of drug-likeness (QED) is 0.717. The van der Waals surface area contributed by atoms with Crippen LogP contribution in [-0.4, -0.2) is 35.2 Å². The van der Waals surface area contributed by atoms with E-state index >= 15 is 0 Å². The smallest absolute Gasteiger partial charge is 0.242 e. The van der Waals surface area contributed by atoms with E-state index in [1.165, 1.54) is 32.8 Å². The Morgan fingerprint density at radius 1 is 1.20 bits per heavy atom. The fourth-order valence-corrected chi connectivity index (χ4v) is 5.03. The van der Waals surface area contributed by atoms with Crippen molar-refractivity contribution in [2.75, 3.05) is 20.8 Å². The summed E-state index contributed by atoms with van der Waals surface area (Å²) in [6.45, 7) is 0.259. The van der Waals surface area contributed by atoms with Crippen LogP contribution in [0.3, 0.4) is 0 Å². The van der Waals surface area contributed by atoms with E-state index in [0.717, 1.165) is 25.7 Å². The maximum atomic E-state index is 12.8. The van der Waals surface area contributed by atoms with Crippen molar-refractivity contribution in [3.8, 4) is 11.5 Å². The van der Waals surface area contributed by atoms with Crippen molar-refractivity contribution in [1.29, 1.82) is 0 Å². The minimum absolute atomic E-state index is 0. The molecule has 1 saturated carbocycles. The van der Waals surface area contributed by atoms with E-state index in [-0.39, 0.29) is 40.8 Å². The average molecular weight is 413 g/mol. The van der Waals surface area contributed by atoms with Crippen molar-refractivity contribution in [2.24, 2.45) is 11.7 Å². The molecule has 0 aliphatic heterocycles. The maximum absolute atomic E-state index is 12.8. The van der Waals surface area contributed by atoms with Gasteiger partial charge >= 0.3 is 0 Å². The Hall–Kier alpha value is -0.730. The van der Waals surface area contributed by atoms with Gasteiger partial charge in [-0.2, -0.15) is 0 Å². The molecule has 9 heteroatoms. The van der Waals surface area contributed by atoms with Gasteiger partial charge in [0, 0.05) is 24.7 Å². The molecule has 1 aromatic rings. The molecule has 1 aromatic carbocycles. The third kappa shape index (κ3) is 5.37. The highest BCUT2D eigenvalue weighted by atomic mass is 35.5. The first kappa shape index (κ1) is 22.3. The van der Waals surface area contributed by atoms with Gasteiger partial charge < -0.3 is 15.2 Å². The number of nitrogens with one attached hydrogen (secondary N) is 1. The zero-order chi connectivity index (χ0) is 17.7. The second-order valence-electron chi connectivity index (χ2n) is 6.00. The van der Waals surface area contributed by atoms with Gasteiger partial charge in [-0.15, -0.1) is 12.4 Å². The molecule has 6 nitrogen and oxygen atoms in total. The van der Waals surface area contributed by atoms with Gasteiger partial charge in [0.1, 0.15) is 4.90 Å². The van der Waals surface area contributed by atoms with Crippen LogP contribution in [0.25, 0.3) is 0 Å². The number of sulfonamides is 1. The molecule has 3 N–H and O–H groups in total. The molecule has 144 valence electrons. The predicted molar refractivity (Wildman–Crippen MR) is 102 cm³/mol. The summed E-state index contributed by atoms with van der Waals surface area (Å²) in [5.41, 5.74) is 5.82. The summed E-state index contributed by atoms with van der Waals surface area (Å²) in [4.78, 5) is -0.0314. The van der Waals surface area contributed by atoms with Gasteiger partial charge in [0.05, 0.1) is 19.2 Å². The van der Waals surface area contributed by atoms with E-state index in [2.05, 4.69) is 4.72 Å². The van der Waals surface area contributed by atoms with Crippen molar-refractivity contribution in [3.05, 3.63) is 17.2 Å². The van der Waals surface area contributed by atoms with Crippen molar-refractivity contribution in [1.82, 2.24) is 4.72 Å². The number of benzene rings is 1. The highest BCUT2D eigenvalue weighted by Gasteiger charge is 2.29. The van der Waals surface area contributed by atoms with Crippen LogP contribution in [0.2, 0.25) is 5.02 Å². The molecule has 1 atom stereocenters. The molecule has 1 aliphatic carbocycles. The summed E-state index contributed by atoms with van der Waals surface area (Å²) in [6.07, 6.45) is 5.40. The third-order valence-corrected chi connectivity index (χ3v) is 6.46. The van der Waals surface area contributed by atoms with Crippen LogP contribution in [0, 0.1) is 5.92 Å². The maximum Gasteiger partial charge on any atom is 0.242 e. The lowest BCUT2D eigenvalue weighted by Gasteiger charge is -2.30. The molecule has 0 radical (unpaired) electrons. The number of ether oxygens (including phenoxy) is 2. The van der Waals surface area contributed by atoms with Gasteiger partial charge in [-0.05, 0) is 18.8 Å². The standard InChI is InChI=1S/C16H25ClN2O4S.ClH/c1-22-14-8-12(17)16(9-15(14)23-2)24(20,21)19-13(10-18)11-6-4-3-5-7-11;/h8-9,11,13,19H,3-7,10,18H2,1-2H3;1H. The van der Waals surface area contributed by atoms with E-state index in [9.17, 15) is 8.42 Å². The second-order valence-corrected chi connectivity index (χ2v) is 8.09. The fourth-order valence-electron chi connectivity index (χ4n) is 3.18. The Labute approximate surface area is 160 Å². The minimum Gasteiger partial charge on any atom is -0.493 e. The number of methoxy groups -OCH3 is 2. The summed E-state index contributed by atoms with van der Waals surface area (Å²) < 4.78 is 38.6. The monoisotopic (exact) mass is 412 g/mol. The molecule has 0 bridgehead atoms. The lowest BCUT2D eigenvalue weighted by atomic mass is 9.84. The van der Waals surface area contributed by atoms with Crippen LogP contribution >= 0.6 is 24.0 Å². The molecule has 0 saturated heterocycles. The number of hydrogen-bond acceptors (Lipinski definition) is 5. The first-order chi connectivity index (χ1) is 11.4. The van der Waals surface area contributed by atoms with Crippen molar-refractivity contribution >= 4 is 34.0 Å². The van der Waals surface area contributed by atoms with Gasteiger partial charge in [0.25, 0.3) is 0 Å². The van der Waals surface area contributed by atoms with E-state index in [1.54, 1.807) is 0 Å². The van der Waals surface area contributed by atoms with E-state index < -0.39 is 10.0 Å². The Kier molecular flexibility index (Phi) is 8.77. The molecule has 0 heterocycles.